The second-order valence-electron chi connectivity index (χ2n) is 6.25. The second-order valence-corrected chi connectivity index (χ2v) is 7.16. The molecule has 0 aromatic heterocycles. The molecule has 0 heterocycles. The molecular weight excluding hydrogens is 334 g/mol. The first-order valence-electron chi connectivity index (χ1n) is 8.56. The highest BCUT2D eigenvalue weighted by Gasteiger charge is 2.31. The lowest BCUT2D eigenvalue weighted by molar-refractivity contribution is -0.683. The summed E-state index contributed by atoms with van der Waals surface area (Å²) in [5.41, 5.74) is 0. The highest BCUT2D eigenvalue weighted by atomic mass is 35.5. The van der Waals surface area contributed by atoms with Crippen molar-refractivity contribution in [3.63, 3.8) is 0 Å². The number of methoxy groups -OCH3 is 1. The largest absolute Gasteiger partial charge is 1.00 e. The molecule has 2 unspecified atom stereocenters. The van der Waals surface area contributed by atoms with Gasteiger partial charge < -0.3 is 22.5 Å². The van der Waals surface area contributed by atoms with E-state index >= 15 is 0 Å². The Morgan fingerprint density at radius 2 is 1.91 bits per heavy atom. The monoisotopic (exact) mass is 365 g/mol. The van der Waals surface area contributed by atoms with Crippen molar-refractivity contribution in [3.8, 4) is 0 Å². The molecule has 0 radical (unpaired) electrons. The molecule has 136 valence electrons. The van der Waals surface area contributed by atoms with Gasteiger partial charge in [0.2, 0.25) is 0 Å². The molecule has 0 aromatic rings. The number of quaternary nitrogens is 1. The van der Waals surface area contributed by atoms with Gasteiger partial charge in [0.05, 0.1) is 20.1 Å². The predicted octanol–water partition coefficient (Wildman–Crippen LogP) is -0.976. The molecule has 0 aliphatic heterocycles. The molecule has 0 saturated heterocycles. The van der Waals surface area contributed by atoms with E-state index in [2.05, 4.69) is 13.2 Å². The molecule has 4 nitrogen and oxygen atoms in total. The Kier molecular flexibility index (Phi) is 12.9. The van der Waals surface area contributed by atoms with Crippen LogP contribution in [0.3, 0.4) is 0 Å². The van der Waals surface area contributed by atoms with Crippen LogP contribution in [0.4, 0.5) is 0 Å². The molecule has 1 aliphatic rings. The Hall–Kier alpha value is -0.260. The zero-order valence-corrected chi connectivity index (χ0v) is 16.3. The quantitative estimate of drug-likeness (QED) is 0.506. The molecule has 6 heteroatoms. The van der Waals surface area contributed by atoms with Gasteiger partial charge in [-0.3, -0.25) is 4.79 Å². The predicted molar refractivity (Wildman–Crippen MR) is 91.0 cm³/mol. The third-order valence-corrected chi connectivity index (χ3v) is 5.52. The number of rotatable bonds is 10. The van der Waals surface area contributed by atoms with Gasteiger partial charge in [0.15, 0.2) is 6.04 Å². The van der Waals surface area contributed by atoms with Gasteiger partial charge in [-0.15, -0.1) is 0 Å². The topological polar surface area (TPSA) is 60.0 Å². The van der Waals surface area contributed by atoms with Crippen LogP contribution < -0.4 is 17.7 Å². The maximum absolute atomic E-state index is 12.2. The Labute approximate surface area is 151 Å². The normalized spacial score (nSPS) is 17.9. The number of ether oxygens (including phenoxy) is 1. The molecule has 0 spiro atoms. The number of carbonyl (C=O) groups excluding carboxylic acids is 2. The Balaban J connectivity index is 0.00000484. The summed E-state index contributed by atoms with van der Waals surface area (Å²) in [6, 6.07) is -0.179. The van der Waals surface area contributed by atoms with E-state index in [1.165, 1.54) is 26.4 Å². The molecular formula is C17H32ClNO3S. The van der Waals surface area contributed by atoms with E-state index in [1.54, 1.807) is 11.8 Å². The lowest BCUT2D eigenvalue weighted by Crippen LogP contribution is -3.00. The first-order chi connectivity index (χ1) is 10.6. The van der Waals surface area contributed by atoms with Gasteiger partial charge in [0.1, 0.15) is 5.78 Å². The fraction of sp³-hybridized carbons (Fsp3) is 0.882. The van der Waals surface area contributed by atoms with Crippen LogP contribution in [-0.4, -0.2) is 43.5 Å². The van der Waals surface area contributed by atoms with Crippen LogP contribution in [0.2, 0.25) is 0 Å². The minimum atomic E-state index is -0.179. The van der Waals surface area contributed by atoms with Gasteiger partial charge in [-0.05, 0) is 25.5 Å². The summed E-state index contributed by atoms with van der Waals surface area (Å²) in [4.78, 5) is 24.3. The van der Waals surface area contributed by atoms with Gasteiger partial charge in [-0.1, -0.05) is 26.2 Å². The van der Waals surface area contributed by atoms with Crippen molar-refractivity contribution in [2.24, 2.45) is 11.8 Å². The van der Waals surface area contributed by atoms with Crippen molar-refractivity contribution in [2.75, 3.05) is 25.7 Å². The van der Waals surface area contributed by atoms with Crippen LogP contribution in [0.15, 0.2) is 0 Å². The third-order valence-electron chi connectivity index (χ3n) is 4.76. The van der Waals surface area contributed by atoms with Crippen molar-refractivity contribution in [1.82, 2.24) is 0 Å². The molecule has 1 aliphatic carbocycles. The summed E-state index contributed by atoms with van der Waals surface area (Å²) in [5, 5.41) is 2.02. The summed E-state index contributed by atoms with van der Waals surface area (Å²) in [6.07, 6.45) is 9.36. The van der Waals surface area contributed by atoms with E-state index in [0.717, 1.165) is 25.0 Å². The van der Waals surface area contributed by atoms with Crippen molar-refractivity contribution in [1.29, 1.82) is 0 Å². The van der Waals surface area contributed by atoms with Gasteiger partial charge >= 0.3 is 5.97 Å². The van der Waals surface area contributed by atoms with Crippen LogP contribution in [0.5, 0.6) is 0 Å². The van der Waals surface area contributed by atoms with Crippen LogP contribution in [0.1, 0.15) is 51.9 Å². The smallest absolute Gasteiger partial charge is 0.364 e. The Morgan fingerprint density at radius 1 is 1.26 bits per heavy atom. The molecule has 0 aromatic carbocycles. The minimum Gasteiger partial charge on any atom is -1.00 e. The number of esters is 1. The van der Waals surface area contributed by atoms with Crippen molar-refractivity contribution < 1.29 is 32.0 Å². The van der Waals surface area contributed by atoms with Gasteiger partial charge in [-0.2, -0.15) is 11.8 Å². The van der Waals surface area contributed by atoms with Crippen molar-refractivity contribution in [3.05, 3.63) is 0 Å². The molecule has 2 atom stereocenters. The average molecular weight is 366 g/mol. The molecule has 1 saturated carbocycles. The van der Waals surface area contributed by atoms with Crippen LogP contribution in [-0.2, 0) is 14.3 Å². The highest BCUT2D eigenvalue weighted by molar-refractivity contribution is 7.98. The minimum absolute atomic E-state index is 0. The van der Waals surface area contributed by atoms with Crippen LogP contribution in [0.25, 0.3) is 0 Å². The van der Waals surface area contributed by atoms with E-state index in [9.17, 15) is 9.59 Å². The number of nitrogens with two attached hydrogens (primary N) is 1. The van der Waals surface area contributed by atoms with Crippen molar-refractivity contribution in [2.45, 2.75) is 57.9 Å². The SMILES string of the molecule is CCC(CSC)C([NH2+]CCC(=O)C1CCCCC1)C(=O)OC.[Cl-]. The number of ketones is 1. The molecule has 1 rings (SSSR count). The Bertz CT molecular complexity index is 349. The number of halogens is 1. The first-order valence-corrected chi connectivity index (χ1v) is 9.96. The van der Waals surface area contributed by atoms with Crippen molar-refractivity contribution >= 4 is 23.5 Å². The number of thioether (sulfide) groups is 1. The van der Waals surface area contributed by atoms with Crippen LogP contribution >= 0.6 is 11.8 Å². The number of carbonyl (C=O) groups is 2. The van der Waals surface area contributed by atoms with Gasteiger partial charge in [0, 0.05) is 17.6 Å². The fourth-order valence-corrected chi connectivity index (χ4v) is 4.21. The highest BCUT2D eigenvalue weighted by Crippen LogP contribution is 2.24. The summed E-state index contributed by atoms with van der Waals surface area (Å²) in [5.74, 6) is 1.74. The lowest BCUT2D eigenvalue weighted by atomic mass is 9.85. The molecule has 0 amide bonds. The van der Waals surface area contributed by atoms with Gasteiger partial charge in [0.25, 0.3) is 0 Å². The standard InChI is InChI=1S/C17H31NO3S.ClH/c1-4-13(12-22-3)16(17(20)21-2)18-11-10-15(19)14-8-6-5-7-9-14;/h13-14,16,18H,4-12H2,1-3H3;1H. The van der Waals surface area contributed by atoms with E-state index in [1.807, 2.05) is 5.32 Å². The van der Waals surface area contributed by atoms with Gasteiger partial charge in [-0.25, -0.2) is 4.79 Å². The molecule has 0 bridgehead atoms. The maximum atomic E-state index is 12.2. The average Bonchev–Trinajstić information content (AvgIpc) is 2.57. The summed E-state index contributed by atoms with van der Waals surface area (Å²) in [6.45, 7) is 2.80. The fourth-order valence-electron chi connectivity index (χ4n) is 3.34. The zero-order valence-electron chi connectivity index (χ0n) is 14.7. The van der Waals surface area contributed by atoms with E-state index in [-0.39, 0.29) is 30.3 Å². The summed E-state index contributed by atoms with van der Waals surface area (Å²) < 4.78 is 4.95. The second kappa shape index (κ2) is 13.1. The summed E-state index contributed by atoms with van der Waals surface area (Å²) >= 11 is 1.76. The third kappa shape index (κ3) is 7.90. The molecule has 23 heavy (non-hydrogen) atoms. The number of hydrogen-bond donors (Lipinski definition) is 1. The number of Topliss-reactive ketones (excluding diaryl/α,β-unsaturated/α-hetero) is 1. The summed E-state index contributed by atoms with van der Waals surface area (Å²) in [7, 11) is 1.45. The maximum Gasteiger partial charge on any atom is 0.364 e. The zero-order chi connectivity index (χ0) is 16.4. The Morgan fingerprint density at radius 3 is 2.43 bits per heavy atom. The van der Waals surface area contributed by atoms with E-state index < -0.39 is 0 Å². The lowest BCUT2D eigenvalue weighted by Gasteiger charge is -2.23. The molecule has 2 N–H and O–H groups in total. The molecule has 1 fully saturated rings. The van der Waals surface area contributed by atoms with E-state index in [0.29, 0.717) is 24.7 Å². The number of hydrogen-bond acceptors (Lipinski definition) is 4. The first kappa shape index (κ1) is 22.7. The van der Waals surface area contributed by atoms with Crippen LogP contribution in [0, 0.1) is 11.8 Å². The van der Waals surface area contributed by atoms with E-state index in [4.69, 9.17) is 4.74 Å².